The molecule has 2 rings (SSSR count). The summed E-state index contributed by atoms with van der Waals surface area (Å²) < 4.78 is 0. The van der Waals surface area contributed by atoms with Gasteiger partial charge in [0.15, 0.2) is 0 Å². The molecule has 1 atom stereocenters. The van der Waals surface area contributed by atoms with Crippen LogP contribution in [0.1, 0.15) is 49.3 Å². The molecule has 2 nitrogen and oxygen atoms in total. The van der Waals surface area contributed by atoms with E-state index in [1.165, 1.54) is 43.2 Å². The van der Waals surface area contributed by atoms with Gasteiger partial charge in [0.1, 0.15) is 0 Å². The molecule has 0 spiro atoms. The Kier molecular flexibility index (Phi) is 3.97. The van der Waals surface area contributed by atoms with Gasteiger partial charge in [-0.05, 0) is 29.9 Å². The van der Waals surface area contributed by atoms with Crippen molar-refractivity contribution in [2.75, 3.05) is 0 Å². The lowest BCUT2D eigenvalue weighted by atomic mass is 9.81. The summed E-state index contributed by atoms with van der Waals surface area (Å²) in [6, 6.07) is 8.69. The third kappa shape index (κ3) is 2.63. The van der Waals surface area contributed by atoms with Crippen LogP contribution in [-0.4, -0.2) is 0 Å². The van der Waals surface area contributed by atoms with E-state index in [4.69, 9.17) is 11.5 Å². The van der Waals surface area contributed by atoms with Crippen LogP contribution in [0.2, 0.25) is 0 Å². The van der Waals surface area contributed by atoms with Crippen molar-refractivity contribution in [1.29, 1.82) is 0 Å². The standard InChI is InChI=1S/C14H22N2/c15-10-11-6-8-13(9-7-11)14(16)12-4-2-1-3-5-12/h6-9,12,14H,1-5,10,15-16H2. The topological polar surface area (TPSA) is 52.0 Å². The van der Waals surface area contributed by atoms with Gasteiger partial charge in [-0.25, -0.2) is 0 Å². The molecule has 1 fully saturated rings. The summed E-state index contributed by atoms with van der Waals surface area (Å²) in [5.74, 6) is 0.678. The van der Waals surface area contributed by atoms with E-state index in [0.717, 1.165) is 0 Å². The number of nitrogens with two attached hydrogens (primary N) is 2. The second-order valence-corrected chi connectivity index (χ2v) is 4.87. The Hall–Kier alpha value is -0.860. The summed E-state index contributed by atoms with van der Waals surface area (Å²) in [5, 5.41) is 0. The predicted octanol–water partition coefficient (Wildman–Crippen LogP) is 2.73. The van der Waals surface area contributed by atoms with Crippen molar-refractivity contribution in [3.63, 3.8) is 0 Å². The van der Waals surface area contributed by atoms with Crippen molar-refractivity contribution < 1.29 is 0 Å². The van der Waals surface area contributed by atoms with Crippen molar-refractivity contribution in [2.45, 2.75) is 44.7 Å². The molecule has 4 N–H and O–H groups in total. The normalized spacial score (nSPS) is 19.6. The zero-order chi connectivity index (χ0) is 11.4. The number of rotatable bonds is 3. The lowest BCUT2D eigenvalue weighted by molar-refractivity contribution is 0.308. The van der Waals surface area contributed by atoms with Gasteiger partial charge in [-0.3, -0.25) is 0 Å². The van der Waals surface area contributed by atoms with Gasteiger partial charge in [0.25, 0.3) is 0 Å². The molecule has 0 aromatic heterocycles. The molecular weight excluding hydrogens is 196 g/mol. The molecule has 0 radical (unpaired) electrons. The second kappa shape index (κ2) is 5.46. The van der Waals surface area contributed by atoms with E-state index in [-0.39, 0.29) is 6.04 Å². The van der Waals surface area contributed by atoms with Crippen LogP contribution in [0, 0.1) is 5.92 Å². The van der Waals surface area contributed by atoms with Gasteiger partial charge in [0.05, 0.1) is 0 Å². The van der Waals surface area contributed by atoms with Gasteiger partial charge in [-0.1, -0.05) is 43.5 Å². The first-order valence-corrected chi connectivity index (χ1v) is 6.36. The van der Waals surface area contributed by atoms with Crippen LogP contribution in [0.3, 0.4) is 0 Å². The highest BCUT2D eigenvalue weighted by molar-refractivity contribution is 5.25. The van der Waals surface area contributed by atoms with E-state index < -0.39 is 0 Å². The maximum absolute atomic E-state index is 6.33. The zero-order valence-corrected chi connectivity index (χ0v) is 9.86. The highest BCUT2D eigenvalue weighted by Crippen LogP contribution is 2.32. The van der Waals surface area contributed by atoms with E-state index >= 15 is 0 Å². The summed E-state index contributed by atoms with van der Waals surface area (Å²) in [7, 11) is 0. The van der Waals surface area contributed by atoms with Crippen molar-refractivity contribution in [2.24, 2.45) is 17.4 Å². The van der Waals surface area contributed by atoms with Crippen molar-refractivity contribution in [3.05, 3.63) is 35.4 Å². The van der Waals surface area contributed by atoms with E-state index in [1.807, 2.05) is 0 Å². The number of hydrogen-bond donors (Lipinski definition) is 2. The quantitative estimate of drug-likeness (QED) is 0.819. The molecule has 1 aromatic carbocycles. The molecule has 16 heavy (non-hydrogen) atoms. The highest BCUT2D eigenvalue weighted by atomic mass is 14.7. The van der Waals surface area contributed by atoms with Gasteiger partial charge >= 0.3 is 0 Å². The van der Waals surface area contributed by atoms with Gasteiger partial charge < -0.3 is 11.5 Å². The Bertz CT molecular complexity index is 312. The lowest BCUT2D eigenvalue weighted by Gasteiger charge is -2.27. The van der Waals surface area contributed by atoms with Crippen molar-refractivity contribution in [1.82, 2.24) is 0 Å². The fourth-order valence-electron chi connectivity index (χ4n) is 2.64. The molecule has 1 unspecified atom stereocenters. The molecular formula is C14H22N2. The summed E-state index contributed by atoms with van der Waals surface area (Å²) in [6.07, 6.45) is 6.66. The molecule has 1 aliphatic carbocycles. The first kappa shape index (κ1) is 11.6. The van der Waals surface area contributed by atoms with Crippen LogP contribution >= 0.6 is 0 Å². The Morgan fingerprint density at radius 3 is 2.25 bits per heavy atom. The molecule has 88 valence electrons. The number of benzene rings is 1. The van der Waals surface area contributed by atoms with Gasteiger partial charge in [0.2, 0.25) is 0 Å². The van der Waals surface area contributed by atoms with Gasteiger partial charge in [-0.15, -0.1) is 0 Å². The Labute approximate surface area is 98.0 Å². The van der Waals surface area contributed by atoms with Crippen LogP contribution in [0.15, 0.2) is 24.3 Å². The SMILES string of the molecule is NCc1ccc(C(N)C2CCCCC2)cc1. The zero-order valence-electron chi connectivity index (χ0n) is 9.86. The van der Waals surface area contributed by atoms with Crippen LogP contribution in [0.25, 0.3) is 0 Å². The third-order valence-electron chi connectivity index (χ3n) is 3.76. The first-order chi connectivity index (χ1) is 7.81. The molecule has 0 saturated heterocycles. The Morgan fingerprint density at radius 1 is 1.06 bits per heavy atom. The minimum Gasteiger partial charge on any atom is -0.326 e. The van der Waals surface area contributed by atoms with E-state index in [1.54, 1.807) is 0 Å². The molecule has 0 aliphatic heterocycles. The van der Waals surface area contributed by atoms with E-state index in [2.05, 4.69) is 24.3 Å². The average Bonchev–Trinajstić information content (AvgIpc) is 2.39. The first-order valence-electron chi connectivity index (χ1n) is 6.36. The molecule has 0 bridgehead atoms. The molecule has 2 heteroatoms. The predicted molar refractivity (Wildman–Crippen MR) is 67.8 cm³/mol. The fraction of sp³-hybridized carbons (Fsp3) is 0.571. The number of hydrogen-bond acceptors (Lipinski definition) is 2. The summed E-state index contributed by atoms with van der Waals surface area (Å²) >= 11 is 0. The Morgan fingerprint density at radius 2 is 1.69 bits per heavy atom. The van der Waals surface area contributed by atoms with Crippen LogP contribution < -0.4 is 11.5 Å². The van der Waals surface area contributed by atoms with Crippen molar-refractivity contribution >= 4 is 0 Å². The van der Waals surface area contributed by atoms with E-state index in [0.29, 0.717) is 12.5 Å². The molecule has 0 amide bonds. The second-order valence-electron chi connectivity index (χ2n) is 4.87. The van der Waals surface area contributed by atoms with Crippen molar-refractivity contribution in [3.8, 4) is 0 Å². The van der Waals surface area contributed by atoms with Gasteiger partial charge in [-0.2, -0.15) is 0 Å². The van der Waals surface area contributed by atoms with Crippen LogP contribution in [0.5, 0.6) is 0 Å². The average molecular weight is 218 g/mol. The maximum atomic E-state index is 6.33. The minimum atomic E-state index is 0.215. The van der Waals surface area contributed by atoms with E-state index in [9.17, 15) is 0 Å². The Balaban J connectivity index is 2.04. The highest BCUT2D eigenvalue weighted by Gasteiger charge is 2.21. The smallest absolute Gasteiger partial charge is 0.0323 e. The lowest BCUT2D eigenvalue weighted by Crippen LogP contribution is -2.23. The largest absolute Gasteiger partial charge is 0.326 e. The minimum absolute atomic E-state index is 0.215. The monoisotopic (exact) mass is 218 g/mol. The van der Waals surface area contributed by atoms with Crippen LogP contribution in [-0.2, 0) is 6.54 Å². The maximum Gasteiger partial charge on any atom is 0.0323 e. The molecule has 1 saturated carbocycles. The summed E-state index contributed by atoms with van der Waals surface area (Å²) in [5.41, 5.74) is 14.4. The molecule has 1 aromatic rings. The van der Waals surface area contributed by atoms with Gasteiger partial charge in [0, 0.05) is 12.6 Å². The molecule has 0 heterocycles. The summed E-state index contributed by atoms with van der Waals surface area (Å²) in [4.78, 5) is 0. The third-order valence-corrected chi connectivity index (χ3v) is 3.76. The fourth-order valence-corrected chi connectivity index (χ4v) is 2.64. The molecule has 1 aliphatic rings. The van der Waals surface area contributed by atoms with Crippen LogP contribution in [0.4, 0.5) is 0 Å². The summed E-state index contributed by atoms with van der Waals surface area (Å²) in [6.45, 7) is 0.610.